The lowest BCUT2D eigenvalue weighted by Crippen LogP contribution is -2.15. The lowest BCUT2D eigenvalue weighted by molar-refractivity contribution is 0.102. The summed E-state index contributed by atoms with van der Waals surface area (Å²) >= 11 is 0. The third kappa shape index (κ3) is 2.36. The van der Waals surface area contributed by atoms with Gasteiger partial charge in [0.15, 0.2) is 5.78 Å². The van der Waals surface area contributed by atoms with Gasteiger partial charge in [0.2, 0.25) is 0 Å². The summed E-state index contributed by atoms with van der Waals surface area (Å²) in [4.78, 5) is 16.6. The molecule has 120 valence electrons. The number of hydrogen-bond acceptors (Lipinski definition) is 4. The smallest absolute Gasteiger partial charge is 0.192 e. The molecule has 0 unspecified atom stereocenters. The maximum absolute atomic E-state index is 12.6. The van der Waals surface area contributed by atoms with E-state index in [1.165, 1.54) is 6.33 Å². The molecule has 0 bridgehead atoms. The Morgan fingerprint density at radius 1 is 1.21 bits per heavy atom. The van der Waals surface area contributed by atoms with E-state index in [9.17, 15) is 4.79 Å². The average molecular weight is 319 g/mol. The van der Waals surface area contributed by atoms with Crippen LogP contribution in [0.25, 0.3) is 11.8 Å². The highest BCUT2D eigenvalue weighted by Crippen LogP contribution is 2.27. The summed E-state index contributed by atoms with van der Waals surface area (Å²) in [6.07, 6.45) is 8.44. The zero-order chi connectivity index (χ0) is 16.7. The molecular weight excluding hydrogens is 302 g/mol. The van der Waals surface area contributed by atoms with Gasteiger partial charge in [-0.25, -0.2) is 9.67 Å². The molecule has 6 nitrogen and oxygen atoms in total. The average Bonchev–Trinajstić information content (AvgIpc) is 3.21. The molecule has 1 aliphatic rings. The van der Waals surface area contributed by atoms with E-state index < -0.39 is 0 Å². The molecule has 4 rings (SSSR count). The molecule has 0 amide bonds. The first-order chi connectivity index (χ1) is 11.6. The van der Waals surface area contributed by atoms with E-state index in [1.54, 1.807) is 21.9 Å². The van der Waals surface area contributed by atoms with E-state index in [1.807, 2.05) is 32.2 Å². The Kier molecular flexibility index (Phi) is 3.37. The Balaban J connectivity index is 1.67. The van der Waals surface area contributed by atoms with Crippen LogP contribution in [0.15, 0.2) is 42.6 Å². The second-order valence-electron chi connectivity index (χ2n) is 6.01. The monoisotopic (exact) mass is 319 g/mol. The number of carbonyl (C=O) groups excluding carboxylic acids is 1. The Morgan fingerprint density at radius 3 is 2.83 bits per heavy atom. The van der Waals surface area contributed by atoms with Crippen LogP contribution in [-0.2, 0) is 13.5 Å². The third-order valence-corrected chi connectivity index (χ3v) is 4.46. The Hall–Kier alpha value is -3.02. The van der Waals surface area contributed by atoms with Crippen molar-refractivity contribution in [2.45, 2.75) is 19.8 Å². The van der Waals surface area contributed by atoms with Crippen LogP contribution in [0, 0.1) is 6.92 Å². The fraction of sp³-hybridized carbons (Fsp3) is 0.222. The molecule has 0 radical (unpaired) electrons. The number of Topliss-reactive ketones (excluding diaryl/α,β-unsaturated/α-hetero) is 1. The van der Waals surface area contributed by atoms with Crippen LogP contribution in [0.1, 0.15) is 33.6 Å². The summed E-state index contributed by atoms with van der Waals surface area (Å²) < 4.78 is 3.53. The molecule has 0 N–H and O–H groups in total. The van der Waals surface area contributed by atoms with E-state index in [0.717, 1.165) is 46.5 Å². The first kappa shape index (κ1) is 14.6. The van der Waals surface area contributed by atoms with Gasteiger partial charge in [-0.1, -0.05) is 6.07 Å². The maximum Gasteiger partial charge on any atom is 0.192 e. The van der Waals surface area contributed by atoms with Crippen molar-refractivity contribution >= 4 is 11.9 Å². The molecular formula is C18H17N5O. The van der Waals surface area contributed by atoms with Crippen LogP contribution in [0.2, 0.25) is 0 Å². The minimum absolute atomic E-state index is 0.0855. The van der Waals surface area contributed by atoms with E-state index in [4.69, 9.17) is 0 Å². The highest BCUT2D eigenvalue weighted by molar-refractivity contribution is 6.12. The molecule has 6 heteroatoms. The van der Waals surface area contributed by atoms with Crippen molar-refractivity contribution in [3.63, 3.8) is 0 Å². The van der Waals surface area contributed by atoms with Crippen LogP contribution in [0.5, 0.6) is 0 Å². The second kappa shape index (κ2) is 5.56. The zero-order valence-electron chi connectivity index (χ0n) is 13.6. The molecule has 3 aromatic rings. The van der Waals surface area contributed by atoms with Gasteiger partial charge in [-0.15, -0.1) is 0 Å². The Labute approximate surface area is 139 Å². The van der Waals surface area contributed by atoms with Crippen molar-refractivity contribution in [1.82, 2.24) is 24.5 Å². The van der Waals surface area contributed by atoms with Gasteiger partial charge in [-0.3, -0.25) is 9.48 Å². The summed E-state index contributed by atoms with van der Waals surface area (Å²) in [5, 5.41) is 8.36. The van der Waals surface area contributed by atoms with Gasteiger partial charge >= 0.3 is 0 Å². The van der Waals surface area contributed by atoms with Gasteiger partial charge in [0.1, 0.15) is 12.7 Å². The molecule has 0 saturated carbocycles. The van der Waals surface area contributed by atoms with Crippen LogP contribution >= 0.6 is 0 Å². The normalized spacial score (nSPS) is 15.8. The van der Waals surface area contributed by atoms with Crippen molar-refractivity contribution in [2.24, 2.45) is 7.05 Å². The molecule has 0 spiro atoms. The number of carbonyl (C=O) groups is 1. The number of fused-ring (bicyclic) bond motifs is 1. The van der Waals surface area contributed by atoms with E-state index in [-0.39, 0.29) is 5.78 Å². The van der Waals surface area contributed by atoms with Crippen LogP contribution in [0.3, 0.4) is 0 Å². The number of aromatic nitrogens is 5. The summed E-state index contributed by atoms with van der Waals surface area (Å²) in [6, 6.07) is 6.07. The molecule has 0 aliphatic heterocycles. The van der Waals surface area contributed by atoms with Crippen molar-refractivity contribution in [3.8, 4) is 5.69 Å². The first-order valence-corrected chi connectivity index (χ1v) is 7.85. The number of nitrogens with zero attached hydrogens (tertiary/aromatic N) is 5. The topological polar surface area (TPSA) is 65.6 Å². The van der Waals surface area contributed by atoms with Crippen molar-refractivity contribution in [2.75, 3.05) is 0 Å². The largest absolute Gasteiger partial charge is 0.289 e. The minimum Gasteiger partial charge on any atom is -0.289 e. The lowest BCUT2D eigenvalue weighted by atomic mass is 9.90. The minimum atomic E-state index is 0.0855. The van der Waals surface area contributed by atoms with Gasteiger partial charge in [0, 0.05) is 18.3 Å². The van der Waals surface area contributed by atoms with Crippen molar-refractivity contribution in [3.05, 3.63) is 65.0 Å². The van der Waals surface area contributed by atoms with Crippen LogP contribution in [-0.4, -0.2) is 30.3 Å². The number of ketones is 1. The quantitative estimate of drug-likeness (QED) is 0.681. The zero-order valence-corrected chi connectivity index (χ0v) is 13.6. The molecule has 2 aromatic heterocycles. The predicted octanol–water partition coefficient (Wildman–Crippen LogP) is 2.52. The summed E-state index contributed by atoms with van der Waals surface area (Å²) in [6.45, 7) is 2.03. The highest BCUT2D eigenvalue weighted by Gasteiger charge is 2.24. The molecule has 0 saturated heterocycles. The first-order valence-electron chi connectivity index (χ1n) is 7.85. The summed E-state index contributed by atoms with van der Waals surface area (Å²) in [7, 11) is 1.88. The van der Waals surface area contributed by atoms with Crippen molar-refractivity contribution < 1.29 is 4.79 Å². The molecule has 0 fully saturated rings. The molecule has 2 heterocycles. The molecule has 24 heavy (non-hydrogen) atoms. The Bertz CT molecular complexity index is 950. The van der Waals surface area contributed by atoms with Crippen LogP contribution < -0.4 is 0 Å². The second-order valence-corrected chi connectivity index (χ2v) is 6.01. The Morgan fingerprint density at radius 2 is 2.08 bits per heavy atom. The summed E-state index contributed by atoms with van der Waals surface area (Å²) in [5.74, 6) is 0.0855. The van der Waals surface area contributed by atoms with E-state index >= 15 is 0 Å². The van der Waals surface area contributed by atoms with Gasteiger partial charge in [0.25, 0.3) is 0 Å². The number of hydrogen-bond donors (Lipinski definition) is 0. The number of allylic oxidation sites excluding steroid dienone is 1. The van der Waals surface area contributed by atoms with Gasteiger partial charge in [-0.05, 0) is 49.1 Å². The maximum atomic E-state index is 12.6. The fourth-order valence-electron chi connectivity index (χ4n) is 3.19. The number of aryl methyl sites for hydroxylation is 2. The number of benzene rings is 1. The molecule has 1 aromatic carbocycles. The van der Waals surface area contributed by atoms with Gasteiger partial charge < -0.3 is 0 Å². The fourth-order valence-corrected chi connectivity index (χ4v) is 3.19. The standard InChI is InChI=1S/C18H17N5O/c1-12-7-13(3-5-16(12)23-11-19-10-21-23)8-14-4-6-17-15(18(14)24)9-20-22(17)2/h3,5,7-11H,4,6H2,1-2H3/b14-8-. The van der Waals surface area contributed by atoms with Gasteiger partial charge in [-0.2, -0.15) is 10.2 Å². The highest BCUT2D eigenvalue weighted by atomic mass is 16.1. The van der Waals surface area contributed by atoms with E-state index in [0.29, 0.717) is 0 Å². The predicted molar refractivity (Wildman–Crippen MR) is 89.9 cm³/mol. The summed E-state index contributed by atoms with van der Waals surface area (Å²) in [5.41, 5.74) is 5.68. The number of rotatable bonds is 2. The SMILES string of the molecule is Cc1cc(/C=C2/CCc3c(cnn3C)C2=O)ccc1-n1cncn1. The third-order valence-electron chi connectivity index (χ3n) is 4.46. The van der Waals surface area contributed by atoms with Crippen molar-refractivity contribution in [1.29, 1.82) is 0 Å². The van der Waals surface area contributed by atoms with Gasteiger partial charge in [0.05, 0.1) is 17.4 Å². The lowest BCUT2D eigenvalue weighted by Gasteiger charge is -2.15. The molecule has 0 atom stereocenters. The van der Waals surface area contributed by atoms with E-state index in [2.05, 4.69) is 21.2 Å². The molecule has 1 aliphatic carbocycles. The van der Waals surface area contributed by atoms with Crippen LogP contribution in [0.4, 0.5) is 0 Å².